The molecule has 2 saturated heterocycles. The Morgan fingerprint density at radius 2 is 1.73 bits per heavy atom. The zero-order chi connectivity index (χ0) is 35.5. The summed E-state index contributed by atoms with van der Waals surface area (Å²) >= 11 is 0. The molecule has 0 bridgehead atoms. The number of hydrogen-bond donors (Lipinski definition) is 4. The predicted octanol–water partition coefficient (Wildman–Crippen LogP) is 2.96. The largest absolute Gasteiger partial charge is 0.573 e. The second-order valence-electron chi connectivity index (χ2n) is 12.0. The van der Waals surface area contributed by atoms with Crippen LogP contribution in [0.1, 0.15) is 24.8 Å². The lowest BCUT2D eigenvalue weighted by molar-refractivity contribution is -0.275. The van der Waals surface area contributed by atoms with E-state index in [0.29, 0.717) is 43.5 Å². The fourth-order valence-corrected chi connectivity index (χ4v) is 8.28. The highest BCUT2D eigenvalue weighted by Gasteiger charge is 2.45. The minimum absolute atomic E-state index is 0.0226. The summed E-state index contributed by atoms with van der Waals surface area (Å²) in [5.41, 5.74) is 6.87. The highest BCUT2D eigenvalue weighted by molar-refractivity contribution is 7.89. The molecule has 0 aliphatic carbocycles. The van der Waals surface area contributed by atoms with Gasteiger partial charge in [0.05, 0.1) is 17.1 Å². The van der Waals surface area contributed by atoms with Crippen LogP contribution < -0.4 is 25.2 Å². The predicted molar refractivity (Wildman–Crippen MR) is 174 cm³/mol. The van der Waals surface area contributed by atoms with Crippen molar-refractivity contribution in [2.45, 2.75) is 59.7 Å². The van der Waals surface area contributed by atoms with E-state index >= 15 is 0 Å². The molecule has 2 atom stereocenters. The Morgan fingerprint density at radius 3 is 2.39 bits per heavy atom. The third-order valence-electron chi connectivity index (χ3n) is 8.62. The summed E-state index contributed by atoms with van der Waals surface area (Å²) in [6.45, 7) is 0.729. The number of nitrogens with zero attached hydrogens (tertiary/aromatic N) is 1. The maximum absolute atomic E-state index is 13.8. The van der Waals surface area contributed by atoms with Gasteiger partial charge in [0.25, 0.3) is 0 Å². The van der Waals surface area contributed by atoms with Crippen molar-refractivity contribution in [2.75, 3.05) is 39.9 Å². The standard InChI is InChI=1S/C32H39F3N4O8S2/c1-37-48(41,42)28-4-2-3-27(16-28)45-21-26(40)19-38-25-17-31(46-20-25)11-13-39(14-12-31)49(43,44)30-15-24(9-10-29(30)47-32(33,34)35)23-7-5-22(18-36)6-8-23/h2-10,15-16,25-26,37-38,40H,11-14,17-21,36H2,1H3. The first-order valence-electron chi connectivity index (χ1n) is 15.5. The van der Waals surface area contributed by atoms with Gasteiger partial charge in [-0.3, -0.25) is 0 Å². The molecule has 5 rings (SSSR count). The molecule has 268 valence electrons. The molecular weight excluding hydrogens is 690 g/mol. The molecule has 0 radical (unpaired) electrons. The van der Waals surface area contributed by atoms with E-state index in [2.05, 4.69) is 14.8 Å². The van der Waals surface area contributed by atoms with Gasteiger partial charge in [0, 0.05) is 38.3 Å². The van der Waals surface area contributed by atoms with Crippen LogP contribution in [0.25, 0.3) is 11.1 Å². The Hall–Kier alpha value is -3.29. The normalized spacial score (nSPS) is 19.2. The Kier molecular flexibility index (Phi) is 11.2. The maximum Gasteiger partial charge on any atom is 0.573 e. The van der Waals surface area contributed by atoms with Crippen LogP contribution in [0.4, 0.5) is 13.2 Å². The van der Waals surface area contributed by atoms with Crippen molar-refractivity contribution in [2.24, 2.45) is 5.73 Å². The van der Waals surface area contributed by atoms with Crippen LogP contribution in [0.15, 0.2) is 76.5 Å². The third kappa shape index (κ3) is 9.09. The SMILES string of the molecule is CNS(=O)(=O)c1cccc(OCC(O)CNC2COC3(CCN(S(=O)(=O)c4cc(-c5ccc(CN)cc5)ccc4OC(F)(F)F)CC3)C2)c1. The van der Waals surface area contributed by atoms with Crippen LogP contribution in [0.3, 0.4) is 0 Å². The van der Waals surface area contributed by atoms with Gasteiger partial charge in [-0.1, -0.05) is 36.4 Å². The summed E-state index contributed by atoms with van der Waals surface area (Å²) in [5, 5.41) is 13.7. The van der Waals surface area contributed by atoms with Crippen molar-refractivity contribution in [1.82, 2.24) is 14.3 Å². The third-order valence-corrected chi connectivity index (χ3v) is 12.0. The molecule has 17 heteroatoms. The van der Waals surface area contributed by atoms with Gasteiger partial charge < -0.3 is 30.4 Å². The molecule has 12 nitrogen and oxygen atoms in total. The van der Waals surface area contributed by atoms with Crippen molar-refractivity contribution >= 4 is 20.0 Å². The lowest BCUT2D eigenvalue weighted by Gasteiger charge is -2.38. The average molecular weight is 729 g/mol. The highest BCUT2D eigenvalue weighted by atomic mass is 32.2. The van der Waals surface area contributed by atoms with Crippen molar-refractivity contribution in [3.8, 4) is 22.6 Å². The minimum Gasteiger partial charge on any atom is -0.491 e. The van der Waals surface area contributed by atoms with Gasteiger partial charge in [-0.05, 0) is 67.3 Å². The zero-order valence-corrected chi connectivity index (χ0v) is 28.3. The van der Waals surface area contributed by atoms with Crippen LogP contribution >= 0.6 is 0 Å². The summed E-state index contributed by atoms with van der Waals surface area (Å²) in [5.74, 6) is -0.528. The molecule has 2 fully saturated rings. The van der Waals surface area contributed by atoms with E-state index in [-0.39, 0.29) is 42.9 Å². The number of hydrogen-bond acceptors (Lipinski definition) is 10. The molecule has 0 amide bonds. The molecule has 49 heavy (non-hydrogen) atoms. The fraction of sp³-hybridized carbons (Fsp3) is 0.438. The molecule has 3 aromatic rings. The Morgan fingerprint density at radius 1 is 1.04 bits per heavy atom. The molecule has 0 saturated carbocycles. The first-order chi connectivity index (χ1) is 23.1. The summed E-state index contributed by atoms with van der Waals surface area (Å²) < 4.78 is 111. The number of aliphatic hydroxyl groups excluding tert-OH is 1. The number of piperidine rings is 1. The fourth-order valence-electron chi connectivity index (χ4n) is 5.93. The quantitative estimate of drug-likeness (QED) is 0.205. The highest BCUT2D eigenvalue weighted by Crippen LogP contribution is 2.40. The summed E-state index contributed by atoms with van der Waals surface area (Å²) in [4.78, 5) is -0.551. The number of aliphatic hydroxyl groups is 1. The average Bonchev–Trinajstić information content (AvgIpc) is 3.48. The summed E-state index contributed by atoms with van der Waals surface area (Å²) in [7, 11) is -6.74. The molecule has 2 aliphatic heterocycles. The van der Waals surface area contributed by atoms with E-state index in [1.165, 1.54) is 37.4 Å². The van der Waals surface area contributed by atoms with Gasteiger partial charge in [0.2, 0.25) is 20.0 Å². The lowest BCUT2D eigenvalue weighted by Crippen LogP contribution is -2.47. The van der Waals surface area contributed by atoms with Crippen LogP contribution in [0.2, 0.25) is 0 Å². The molecule has 2 heterocycles. The number of halogens is 3. The second-order valence-corrected chi connectivity index (χ2v) is 15.8. The first kappa shape index (κ1) is 37.0. The van der Waals surface area contributed by atoms with Gasteiger partial charge in [-0.2, -0.15) is 4.31 Å². The molecule has 2 aliphatic rings. The molecule has 3 aromatic carbocycles. The molecule has 2 unspecified atom stereocenters. The Labute approximate surface area is 283 Å². The monoisotopic (exact) mass is 728 g/mol. The topological polar surface area (TPSA) is 170 Å². The Bertz CT molecular complexity index is 1820. The van der Waals surface area contributed by atoms with Gasteiger partial charge >= 0.3 is 6.36 Å². The number of alkyl halides is 3. The maximum atomic E-state index is 13.8. The lowest BCUT2D eigenvalue weighted by atomic mass is 9.88. The van der Waals surface area contributed by atoms with E-state index in [0.717, 1.165) is 15.9 Å². The van der Waals surface area contributed by atoms with Crippen molar-refractivity contribution in [3.63, 3.8) is 0 Å². The smallest absolute Gasteiger partial charge is 0.491 e. The van der Waals surface area contributed by atoms with E-state index < -0.39 is 48.8 Å². The number of nitrogens with two attached hydrogens (primary N) is 1. The van der Waals surface area contributed by atoms with Crippen molar-refractivity contribution < 1.29 is 49.3 Å². The Balaban J connectivity index is 1.18. The second kappa shape index (κ2) is 14.9. The van der Waals surface area contributed by atoms with Gasteiger partial charge in [0.15, 0.2) is 0 Å². The summed E-state index contributed by atoms with van der Waals surface area (Å²) in [6, 6.07) is 16.3. The number of benzene rings is 3. The van der Waals surface area contributed by atoms with Gasteiger partial charge in [-0.15, -0.1) is 13.2 Å². The molecule has 5 N–H and O–H groups in total. The first-order valence-corrected chi connectivity index (χ1v) is 18.5. The van der Waals surface area contributed by atoms with Crippen LogP contribution in [-0.2, 0) is 31.3 Å². The molecule has 1 spiro atoms. The van der Waals surface area contributed by atoms with E-state index in [1.54, 1.807) is 30.3 Å². The molecule has 0 aromatic heterocycles. The molecular formula is C32H39F3N4O8S2. The summed E-state index contributed by atoms with van der Waals surface area (Å²) in [6.07, 6.45) is -4.85. The van der Waals surface area contributed by atoms with Crippen LogP contribution in [0, 0.1) is 0 Å². The van der Waals surface area contributed by atoms with Crippen molar-refractivity contribution in [1.29, 1.82) is 0 Å². The van der Waals surface area contributed by atoms with E-state index in [9.17, 15) is 35.1 Å². The number of rotatable bonds is 13. The number of ether oxygens (including phenoxy) is 3. The van der Waals surface area contributed by atoms with Gasteiger partial charge in [-0.25, -0.2) is 21.6 Å². The minimum atomic E-state index is -5.10. The van der Waals surface area contributed by atoms with Crippen molar-refractivity contribution in [3.05, 3.63) is 72.3 Å². The number of sulfonamides is 2. The van der Waals surface area contributed by atoms with Gasteiger partial charge in [0.1, 0.15) is 29.1 Å². The van der Waals surface area contributed by atoms with E-state index in [4.69, 9.17) is 15.2 Å². The number of nitrogens with one attached hydrogen (secondary N) is 2. The van der Waals surface area contributed by atoms with Crippen LogP contribution in [-0.4, -0.2) is 90.3 Å². The zero-order valence-electron chi connectivity index (χ0n) is 26.6. The van der Waals surface area contributed by atoms with Crippen LogP contribution in [0.5, 0.6) is 11.5 Å². The van der Waals surface area contributed by atoms with E-state index in [1.807, 2.05) is 0 Å².